The molecule has 2 aromatic carbocycles. The van der Waals surface area contributed by atoms with Crippen LogP contribution in [-0.4, -0.2) is 40.5 Å². The summed E-state index contributed by atoms with van der Waals surface area (Å²) in [5, 5.41) is 23.2. The second kappa shape index (κ2) is 10.3. The summed E-state index contributed by atoms with van der Waals surface area (Å²) in [7, 11) is 0. The number of carboxylic acid groups (broad SMARTS) is 1. The van der Waals surface area contributed by atoms with E-state index in [-0.39, 0.29) is 28.1 Å². The SMILES string of the molecule is O=C(O)COc1ccc(/C=N\NC(=O)CSc2ccc([N+](=O)[O-])cc2)cc1Cl. The molecule has 9 nitrogen and oxygen atoms in total. The number of amides is 1. The number of rotatable bonds is 9. The van der Waals surface area contributed by atoms with E-state index in [1.165, 1.54) is 42.2 Å². The highest BCUT2D eigenvalue weighted by atomic mass is 35.5. The summed E-state index contributed by atoms with van der Waals surface area (Å²) in [6, 6.07) is 10.5. The fourth-order valence-corrected chi connectivity index (χ4v) is 2.81. The maximum atomic E-state index is 11.8. The lowest BCUT2D eigenvalue weighted by Gasteiger charge is -2.06. The zero-order chi connectivity index (χ0) is 20.5. The number of carbonyl (C=O) groups is 2. The number of aliphatic carboxylic acids is 1. The number of halogens is 1. The van der Waals surface area contributed by atoms with Gasteiger partial charge >= 0.3 is 5.97 Å². The average molecular weight is 424 g/mol. The predicted octanol–water partition coefficient (Wildman–Crippen LogP) is 2.95. The molecule has 0 atom stereocenters. The van der Waals surface area contributed by atoms with Crippen LogP contribution in [0.25, 0.3) is 0 Å². The number of hydrogen-bond acceptors (Lipinski definition) is 7. The molecular formula is C17H14ClN3O6S. The summed E-state index contributed by atoms with van der Waals surface area (Å²) in [6.45, 7) is -0.504. The van der Waals surface area contributed by atoms with E-state index in [0.717, 1.165) is 0 Å². The molecule has 0 heterocycles. The lowest BCUT2D eigenvalue weighted by atomic mass is 10.2. The molecule has 0 saturated carbocycles. The van der Waals surface area contributed by atoms with Gasteiger partial charge in [0.2, 0.25) is 5.91 Å². The summed E-state index contributed by atoms with van der Waals surface area (Å²) < 4.78 is 5.00. The van der Waals surface area contributed by atoms with Gasteiger partial charge in [-0.15, -0.1) is 11.8 Å². The zero-order valence-corrected chi connectivity index (χ0v) is 15.8. The van der Waals surface area contributed by atoms with E-state index in [1.54, 1.807) is 18.2 Å². The molecule has 0 aliphatic rings. The molecule has 0 radical (unpaired) electrons. The Hall–Kier alpha value is -3.11. The molecule has 0 aliphatic heterocycles. The molecule has 11 heteroatoms. The van der Waals surface area contributed by atoms with Crippen molar-refractivity contribution < 1.29 is 24.4 Å². The zero-order valence-electron chi connectivity index (χ0n) is 14.2. The molecule has 0 aliphatic carbocycles. The lowest BCUT2D eigenvalue weighted by Crippen LogP contribution is -2.19. The van der Waals surface area contributed by atoms with Gasteiger partial charge in [-0.1, -0.05) is 11.6 Å². The molecule has 1 amide bonds. The number of nitrogens with one attached hydrogen (secondary N) is 1. The van der Waals surface area contributed by atoms with Gasteiger partial charge in [-0.25, -0.2) is 10.2 Å². The molecule has 0 spiro atoms. The molecule has 2 rings (SSSR count). The number of carboxylic acids is 1. The largest absolute Gasteiger partial charge is 0.480 e. The first-order valence-electron chi connectivity index (χ1n) is 7.68. The Bertz CT molecular complexity index is 904. The van der Waals surface area contributed by atoms with Crippen molar-refractivity contribution in [1.82, 2.24) is 5.43 Å². The standard InChI is InChI=1S/C17H14ClN3O6S/c18-14-7-11(1-6-15(14)27-9-17(23)24)8-19-20-16(22)10-28-13-4-2-12(3-5-13)21(25)26/h1-8H,9-10H2,(H,20,22)(H,23,24)/b19-8-. The van der Waals surface area contributed by atoms with Crippen LogP contribution < -0.4 is 10.2 Å². The van der Waals surface area contributed by atoms with Gasteiger partial charge in [0.15, 0.2) is 6.61 Å². The Balaban J connectivity index is 1.81. The Morgan fingerprint density at radius 1 is 1.29 bits per heavy atom. The van der Waals surface area contributed by atoms with Gasteiger partial charge in [0.1, 0.15) is 5.75 Å². The maximum absolute atomic E-state index is 11.8. The lowest BCUT2D eigenvalue weighted by molar-refractivity contribution is -0.384. The van der Waals surface area contributed by atoms with Crippen molar-refractivity contribution in [2.75, 3.05) is 12.4 Å². The minimum absolute atomic E-state index is 0.0172. The number of ether oxygens (including phenoxy) is 1. The van der Waals surface area contributed by atoms with Gasteiger partial charge in [0.25, 0.3) is 5.69 Å². The summed E-state index contributed by atoms with van der Waals surface area (Å²) in [5.74, 6) is -1.16. The minimum atomic E-state index is -1.11. The van der Waals surface area contributed by atoms with Gasteiger partial charge in [-0.3, -0.25) is 14.9 Å². The third-order valence-corrected chi connectivity index (χ3v) is 4.43. The number of carbonyl (C=O) groups excluding carboxylic acids is 1. The van der Waals surface area contributed by atoms with Crippen LogP contribution in [0.2, 0.25) is 5.02 Å². The van der Waals surface area contributed by atoms with Gasteiger partial charge in [0.05, 0.1) is 21.9 Å². The first kappa shape index (κ1) is 21.2. The summed E-state index contributed by atoms with van der Waals surface area (Å²) in [5.41, 5.74) is 2.92. The molecule has 0 unspecified atom stereocenters. The predicted molar refractivity (Wildman–Crippen MR) is 104 cm³/mol. The number of thioether (sulfide) groups is 1. The van der Waals surface area contributed by atoms with Crippen LogP contribution in [0.3, 0.4) is 0 Å². The van der Waals surface area contributed by atoms with Crippen molar-refractivity contribution in [3.63, 3.8) is 0 Å². The summed E-state index contributed by atoms with van der Waals surface area (Å²) >= 11 is 7.20. The first-order valence-corrected chi connectivity index (χ1v) is 9.05. The number of nitro benzene ring substituents is 1. The highest BCUT2D eigenvalue weighted by molar-refractivity contribution is 8.00. The van der Waals surface area contributed by atoms with E-state index >= 15 is 0 Å². The van der Waals surface area contributed by atoms with Crippen molar-refractivity contribution in [2.45, 2.75) is 4.90 Å². The number of nitrogens with zero attached hydrogens (tertiary/aromatic N) is 2. The maximum Gasteiger partial charge on any atom is 0.341 e. The van der Waals surface area contributed by atoms with E-state index < -0.39 is 17.5 Å². The highest BCUT2D eigenvalue weighted by Gasteiger charge is 2.07. The number of nitro groups is 1. The van der Waals surface area contributed by atoms with Gasteiger partial charge in [-0.05, 0) is 35.9 Å². The molecule has 0 saturated heterocycles. The Labute approximate surface area is 168 Å². The van der Waals surface area contributed by atoms with Crippen molar-refractivity contribution in [3.8, 4) is 5.75 Å². The van der Waals surface area contributed by atoms with E-state index in [2.05, 4.69) is 10.5 Å². The molecule has 2 aromatic rings. The van der Waals surface area contributed by atoms with Gasteiger partial charge in [0, 0.05) is 17.0 Å². The van der Waals surface area contributed by atoms with Crippen molar-refractivity contribution >= 4 is 47.1 Å². The number of benzene rings is 2. The van der Waals surface area contributed by atoms with Crippen molar-refractivity contribution in [3.05, 3.63) is 63.2 Å². The summed E-state index contributed by atoms with van der Waals surface area (Å²) in [4.78, 5) is 33.1. The van der Waals surface area contributed by atoms with E-state index in [9.17, 15) is 19.7 Å². The third kappa shape index (κ3) is 6.89. The average Bonchev–Trinajstić information content (AvgIpc) is 2.66. The monoisotopic (exact) mass is 423 g/mol. The second-order valence-corrected chi connectivity index (χ2v) is 6.66. The number of hydrogen-bond donors (Lipinski definition) is 2. The molecule has 146 valence electrons. The quantitative estimate of drug-likeness (QED) is 0.274. The van der Waals surface area contributed by atoms with Crippen LogP contribution >= 0.6 is 23.4 Å². The first-order chi connectivity index (χ1) is 13.3. The van der Waals surface area contributed by atoms with Gasteiger partial charge in [-0.2, -0.15) is 5.10 Å². The van der Waals surface area contributed by atoms with Gasteiger partial charge < -0.3 is 9.84 Å². The Morgan fingerprint density at radius 3 is 2.61 bits per heavy atom. The molecule has 0 fully saturated rings. The normalized spacial score (nSPS) is 10.6. The van der Waals surface area contributed by atoms with E-state index in [4.69, 9.17) is 21.4 Å². The fraction of sp³-hybridized carbons (Fsp3) is 0.118. The third-order valence-electron chi connectivity index (χ3n) is 3.13. The Kier molecular flexibility index (Phi) is 7.78. The van der Waals surface area contributed by atoms with Crippen LogP contribution in [-0.2, 0) is 9.59 Å². The minimum Gasteiger partial charge on any atom is -0.480 e. The molecule has 2 N–H and O–H groups in total. The number of non-ortho nitro benzene ring substituents is 1. The fourth-order valence-electron chi connectivity index (χ4n) is 1.88. The smallest absolute Gasteiger partial charge is 0.341 e. The topological polar surface area (TPSA) is 131 Å². The van der Waals surface area contributed by atoms with Crippen LogP contribution in [0.4, 0.5) is 5.69 Å². The van der Waals surface area contributed by atoms with Crippen LogP contribution in [0.15, 0.2) is 52.5 Å². The second-order valence-electron chi connectivity index (χ2n) is 5.21. The van der Waals surface area contributed by atoms with Crippen LogP contribution in [0.1, 0.15) is 5.56 Å². The molecule has 0 aromatic heterocycles. The van der Waals surface area contributed by atoms with Crippen LogP contribution in [0, 0.1) is 10.1 Å². The number of hydrazone groups is 1. The highest BCUT2D eigenvalue weighted by Crippen LogP contribution is 2.25. The van der Waals surface area contributed by atoms with Crippen molar-refractivity contribution in [2.24, 2.45) is 5.10 Å². The Morgan fingerprint density at radius 2 is 2.00 bits per heavy atom. The van der Waals surface area contributed by atoms with Crippen molar-refractivity contribution in [1.29, 1.82) is 0 Å². The summed E-state index contributed by atoms with van der Waals surface area (Å²) in [6.07, 6.45) is 1.38. The van der Waals surface area contributed by atoms with Crippen LogP contribution in [0.5, 0.6) is 5.75 Å². The molecule has 0 bridgehead atoms. The van der Waals surface area contributed by atoms with E-state index in [0.29, 0.717) is 10.5 Å². The van der Waals surface area contributed by atoms with E-state index in [1.807, 2.05) is 0 Å². The molecule has 28 heavy (non-hydrogen) atoms. The molecular weight excluding hydrogens is 410 g/mol.